The van der Waals surface area contributed by atoms with Crippen LogP contribution in [0.25, 0.3) is 0 Å². The molecule has 0 saturated heterocycles. The maximum absolute atomic E-state index is 13.4. The third-order valence-electron chi connectivity index (χ3n) is 10.9. The van der Waals surface area contributed by atoms with Crippen molar-refractivity contribution in [1.82, 2.24) is 0 Å². The van der Waals surface area contributed by atoms with Gasteiger partial charge in [-0.05, 0) is 85.5 Å². The molecule has 2 nitrogen and oxygen atoms in total. The van der Waals surface area contributed by atoms with Gasteiger partial charge in [0.25, 0.3) is 0 Å². The fourth-order valence-electron chi connectivity index (χ4n) is 7.86. The molecule has 4 aliphatic carbocycles. The first-order valence-corrected chi connectivity index (χ1v) is 15.0. The Morgan fingerprint density at radius 3 is 1.96 bits per heavy atom. The Morgan fingerprint density at radius 2 is 1.41 bits per heavy atom. The van der Waals surface area contributed by atoms with Crippen LogP contribution in [0.1, 0.15) is 60.8 Å². The van der Waals surface area contributed by atoms with E-state index in [2.05, 4.69) is 61.2 Å². The van der Waals surface area contributed by atoms with Crippen molar-refractivity contribution < 1.29 is 9.53 Å². The molecule has 0 aromatic heterocycles. The van der Waals surface area contributed by atoms with Crippen molar-refractivity contribution in [2.24, 2.45) is 53.3 Å². The summed E-state index contributed by atoms with van der Waals surface area (Å²) in [4.78, 5) is 13.4. The molecule has 4 bridgehead atoms. The number of carbonyl (C=O) groups is 1. The van der Waals surface area contributed by atoms with Crippen molar-refractivity contribution in [3.63, 3.8) is 0 Å². The zero-order valence-corrected chi connectivity index (χ0v) is 20.1. The molecule has 27 heavy (non-hydrogen) atoms. The predicted molar refractivity (Wildman–Crippen MR) is 114 cm³/mol. The van der Waals surface area contributed by atoms with E-state index < -0.39 is 13.7 Å². The van der Waals surface area contributed by atoms with Crippen LogP contribution < -0.4 is 0 Å². The highest BCUT2D eigenvalue weighted by Gasteiger charge is 2.67. The number of hydrogen-bond acceptors (Lipinski definition) is 2. The highest BCUT2D eigenvalue weighted by molar-refractivity contribution is 6.79. The molecular weight excluding hydrogens is 348 g/mol. The van der Waals surface area contributed by atoms with Crippen LogP contribution in [0.5, 0.6) is 0 Å². The van der Waals surface area contributed by atoms with E-state index in [4.69, 9.17) is 4.74 Å². The lowest BCUT2D eigenvalue weighted by Gasteiger charge is -2.49. The molecule has 0 radical (unpaired) electrons. The van der Waals surface area contributed by atoms with E-state index in [1.807, 2.05) is 0 Å². The second-order valence-corrected chi connectivity index (χ2v) is 18.5. The Hall–Kier alpha value is -0.313. The van der Waals surface area contributed by atoms with E-state index in [1.54, 1.807) is 0 Å². The highest BCUT2D eigenvalue weighted by Crippen LogP contribution is 2.71. The smallest absolute Gasteiger partial charge is 0.309 e. The molecule has 0 amide bonds. The van der Waals surface area contributed by atoms with Crippen LogP contribution in [0.3, 0.4) is 0 Å². The Balaban J connectivity index is 1.50. The molecule has 4 rings (SSSR count). The summed E-state index contributed by atoms with van der Waals surface area (Å²) >= 11 is 0. The summed E-state index contributed by atoms with van der Waals surface area (Å²) in [5.74, 6) is 7.06. The number of fused-ring (bicyclic) bond motifs is 9. The van der Waals surface area contributed by atoms with Crippen LogP contribution in [-0.2, 0) is 9.53 Å². The lowest BCUT2D eigenvalue weighted by molar-refractivity contribution is -0.169. The number of esters is 1. The van der Waals surface area contributed by atoms with Gasteiger partial charge in [0.05, 0.1) is 14.0 Å². The van der Waals surface area contributed by atoms with Gasteiger partial charge < -0.3 is 4.74 Å². The summed E-state index contributed by atoms with van der Waals surface area (Å²) in [6.45, 7) is 21.1. The third kappa shape index (κ3) is 2.58. The third-order valence-corrected chi connectivity index (χ3v) is 15.2. The van der Waals surface area contributed by atoms with Crippen molar-refractivity contribution >= 4 is 14.0 Å². The zero-order chi connectivity index (χ0) is 20.1. The highest BCUT2D eigenvalue weighted by atomic mass is 28.3. The van der Waals surface area contributed by atoms with Gasteiger partial charge in [-0.1, -0.05) is 47.3 Å². The Bertz CT molecular complexity index is 631. The summed E-state index contributed by atoms with van der Waals surface area (Å²) in [6.07, 6.45) is 3.86. The summed E-state index contributed by atoms with van der Waals surface area (Å²) in [6, 6.07) is 0. The molecule has 154 valence electrons. The molecule has 4 fully saturated rings. The van der Waals surface area contributed by atoms with Gasteiger partial charge in [-0.15, -0.1) is 0 Å². The van der Waals surface area contributed by atoms with Gasteiger partial charge in [-0.25, -0.2) is 0 Å². The van der Waals surface area contributed by atoms with Gasteiger partial charge in [0.1, 0.15) is 5.60 Å². The molecular formula is C24H42O2Si. The molecule has 4 saturated carbocycles. The van der Waals surface area contributed by atoms with Gasteiger partial charge in [0, 0.05) is 0 Å². The lowest BCUT2D eigenvalue weighted by Crippen LogP contribution is -2.52. The second kappa shape index (κ2) is 5.86. The summed E-state index contributed by atoms with van der Waals surface area (Å²) in [7, 11) is -1.47. The van der Waals surface area contributed by atoms with E-state index in [0.717, 1.165) is 47.8 Å². The minimum atomic E-state index is -1.47. The molecule has 0 spiro atoms. The molecule has 0 aliphatic heterocycles. The normalized spacial score (nSPS) is 46.0. The number of hydrogen-bond donors (Lipinski definition) is 0. The van der Waals surface area contributed by atoms with E-state index >= 15 is 0 Å². The van der Waals surface area contributed by atoms with Gasteiger partial charge in [0.15, 0.2) is 0 Å². The number of carbonyl (C=O) groups excluding carboxylic acids is 1. The predicted octanol–water partition coefficient (Wildman–Crippen LogP) is 6.24. The van der Waals surface area contributed by atoms with Gasteiger partial charge in [-0.2, -0.15) is 0 Å². The molecule has 3 heteroatoms. The zero-order valence-electron chi connectivity index (χ0n) is 19.1. The molecule has 9 atom stereocenters. The molecule has 0 heterocycles. The Labute approximate surface area is 168 Å². The largest absolute Gasteiger partial charge is 0.459 e. The standard InChI is InChI=1S/C24H42O2Si/c1-13-14(2)17-12-16(13)20-15-10-18(21(17)20)19(11-15)22(25)26-23(3,4)24(5,6)27(7,8)9/h13-21H,10-12H2,1-9H3. The number of ether oxygens (including phenoxy) is 1. The van der Waals surface area contributed by atoms with Crippen LogP contribution in [0.15, 0.2) is 0 Å². The topological polar surface area (TPSA) is 26.3 Å². The molecule has 0 N–H and O–H groups in total. The minimum absolute atomic E-state index is 0.0478. The Kier molecular flexibility index (Phi) is 4.34. The maximum atomic E-state index is 13.4. The first-order valence-electron chi connectivity index (χ1n) is 11.5. The van der Waals surface area contributed by atoms with E-state index in [0.29, 0.717) is 5.92 Å². The summed E-state index contributed by atoms with van der Waals surface area (Å²) in [5.41, 5.74) is -0.397. The lowest BCUT2D eigenvalue weighted by atomic mass is 9.62. The fourth-order valence-corrected chi connectivity index (χ4v) is 9.71. The van der Waals surface area contributed by atoms with Crippen molar-refractivity contribution in [2.45, 2.75) is 91.1 Å². The fraction of sp³-hybridized carbons (Fsp3) is 0.958. The SMILES string of the molecule is CC1C(C)C2CC1C1C3CC(C(=O)OC(C)(C)C(C)(C)[Si](C)(C)C)C(C3)C21. The number of rotatable bonds is 4. The summed E-state index contributed by atoms with van der Waals surface area (Å²) in [5, 5.41) is 0.0478. The van der Waals surface area contributed by atoms with E-state index in [9.17, 15) is 4.79 Å². The van der Waals surface area contributed by atoms with Crippen molar-refractivity contribution in [1.29, 1.82) is 0 Å². The quantitative estimate of drug-likeness (QED) is 0.323. The monoisotopic (exact) mass is 390 g/mol. The van der Waals surface area contributed by atoms with Crippen LogP contribution >= 0.6 is 0 Å². The van der Waals surface area contributed by atoms with E-state index in [-0.39, 0.29) is 16.9 Å². The van der Waals surface area contributed by atoms with Crippen LogP contribution in [-0.4, -0.2) is 19.6 Å². The molecule has 0 aromatic carbocycles. The van der Waals surface area contributed by atoms with Crippen LogP contribution in [0.2, 0.25) is 24.7 Å². The molecule has 9 unspecified atom stereocenters. The molecule has 0 aromatic rings. The van der Waals surface area contributed by atoms with Crippen molar-refractivity contribution in [3.05, 3.63) is 0 Å². The first kappa shape index (κ1) is 20.0. The Morgan fingerprint density at radius 1 is 0.852 bits per heavy atom. The van der Waals surface area contributed by atoms with Gasteiger partial charge in [0.2, 0.25) is 0 Å². The van der Waals surface area contributed by atoms with E-state index in [1.165, 1.54) is 12.8 Å². The molecule has 4 aliphatic rings. The summed E-state index contributed by atoms with van der Waals surface area (Å²) < 4.78 is 6.34. The minimum Gasteiger partial charge on any atom is -0.459 e. The van der Waals surface area contributed by atoms with Crippen LogP contribution in [0.4, 0.5) is 0 Å². The van der Waals surface area contributed by atoms with Gasteiger partial charge in [-0.3, -0.25) is 4.79 Å². The first-order chi connectivity index (χ1) is 12.3. The average Bonchev–Trinajstić information content (AvgIpc) is 3.25. The average molecular weight is 391 g/mol. The maximum Gasteiger partial charge on any atom is 0.309 e. The van der Waals surface area contributed by atoms with Crippen molar-refractivity contribution in [3.8, 4) is 0 Å². The second-order valence-electron chi connectivity index (χ2n) is 12.7. The van der Waals surface area contributed by atoms with Crippen molar-refractivity contribution in [2.75, 3.05) is 0 Å². The van der Waals surface area contributed by atoms with Crippen LogP contribution in [0, 0.1) is 53.3 Å². The van der Waals surface area contributed by atoms with Gasteiger partial charge >= 0.3 is 5.97 Å².